The lowest BCUT2D eigenvalue weighted by atomic mass is 9.86. The van der Waals surface area contributed by atoms with Gasteiger partial charge in [-0.25, -0.2) is 4.98 Å². The quantitative estimate of drug-likeness (QED) is 0.170. The van der Waals surface area contributed by atoms with Crippen molar-refractivity contribution in [3.8, 4) is 11.3 Å². The second kappa shape index (κ2) is 14.8. The summed E-state index contributed by atoms with van der Waals surface area (Å²) >= 11 is 1.54. The van der Waals surface area contributed by atoms with Gasteiger partial charge < -0.3 is 20.4 Å². The Morgan fingerprint density at radius 1 is 0.778 bits per heavy atom. The number of hydrogen-bond donors (Lipinski definition) is 3. The summed E-state index contributed by atoms with van der Waals surface area (Å²) < 4.78 is 1.10. The molecule has 0 bridgehead atoms. The topological polar surface area (TPSA) is 110 Å². The number of thiophene rings is 1. The minimum Gasteiger partial charge on any atom is -0.381 e. The van der Waals surface area contributed by atoms with Crippen LogP contribution in [0.4, 0.5) is 11.4 Å². The number of likely N-dealkylation sites (tertiary alicyclic amines) is 1. The Labute approximate surface area is 319 Å². The fraction of sp³-hybridized carbons (Fsp3) is 0.395. The number of pyridine rings is 1. The number of fused-ring (bicyclic) bond motifs is 5. The highest BCUT2D eigenvalue weighted by molar-refractivity contribution is 7.21. The molecular weight excluding hydrogens is 695 g/mol. The standard InChI is InChI=1S/C43H47N7O3S/c1-27-26-44-40-39-34-10-12-35(46-36(34)13-14-37(39)54-41(40)43(53)45-27)31-6-8-32(9-7-31)50-24-22-49(23-25-50)21-20-48-18-16-29(17-19-48)28-2-4-30(5-3-28)33-11-15-38(51)47-42(33)52/h2-10,12-14,27,29,33,44H,11,15-26H2,1H3,(H,45,53)(H,47,51,52)/t27-,33?/m1/s1. The molecule has 9 rings (SSSR count). The van der Waals surface area contributed by atoms with Crippen LogP contribution in [0.25, 0.3) is 32.2 Å². The van der Waals surface area contributed by atoms with Crippen molar-refractivity contribution in [3.05, 3.63) is 88.8 Å². The Balaban J connectivity index is 0.755. The zero-order valence-corrected chi connectivity index (χ0v) is 31.6. The monoisotopic (exact) mass is 741 g/mol. The normalized spacial score (nSPS) is 21.8. The van der Waals surface area contributed by atoms with Crippen molar-refractivity contribution >= 4 is 61.4 Å². The third-order valence-electron chi connectivity index (χ3n) is 12.0. The summed E-state index contributed by atoms with van der Waals surface area (Å²) in [6, 6.07) is 25.9. The Hall–Kier alpha value is -4.84. The highest BCUT2D eigenvalue weighted by Gasteiger charge is 2.29. The number of carbonyl (C=O) groups is 3. The van der Waals surface area contributed by atoms with E-state index in [0.29, 0.717) is 25.3 Å². The van der Waals surface area contributed by atoms with Crippen LogP contribution in [-0.2, 0) is 9.59 Å². The van der Waals surface area contributed by atoms with Crippen LogP contribution in [0.2, 0.25) is 0 Å². The third kappa shape index (κ3) is 6.96. The second-order valence-electron chi connectivity index (χ2n) is 15.4. The van der Waals surface area contributed by atoms with E-state index in [1.54, 1.807) is 0 Å². The van der Waals surface area contributed by atoms with Gasteiger partial charge in [0.15, 0.2) is 0 Å². The first-order valence-electron chi connectivity index (χ1n) is 19.5. The largest absolute Gasteiger partial charge is 0.381 e. The minimum absolute atomic E-state index is 0.00891. The smallest absolute Gasteiger partial charge is 0.263 e. The average Bonchev–Trinajstić information content (AvgIpc) is 3.52. The summed E-state index contributed by atoms with van der Waals surface area (Å²) in [7, 11) is 0. The maximum absolute atomic E-state index is 12.8. The van der Waals surface area contributed by atoms with Crippen molar-refractivity contribution in [1.82, 2.24) is 25.4 Å². The molecule has 3 saturated heterocycles. The molecule has 0 radical (unpaired) electrons. The summed E-state index contributed by atoms with van der Waals surface area (Å²) in [5.74, 6) is 0.00208. The molecule has 3 amide bonds. The zero-order valence-electron chi connectivity index (χ0n) is 30.8. The maximum atomic E-state index is 12.8. The van der Waals surface area contributed by atoms with Crippen LogP contribution >= 0.6 is 11.3 Å². The van der Waals surface area contributed by atoms with E-state index in [-0.39, 0.29) is 29.7 Å². The van der Waals surface area contributed by atoms with Crippen LogP contribution in [0.3, 0.4) is 0 Å². The van der Waals surface area contributed by atoms with Crippen LogP contribution in [0.5, 0.6) is 0 Å². The van der Waals surface area contributed by atoms with E-state index < -0.39 is 0 Å². The van der Waals surface area contributed by atoms with Crippen LogP contribution in [0, 0.1) is 0 Å². The van der Waals surface area contributed by atoms with Gasteiger partial charge in [0.05, 0.1) is 22.8 Å². The summed E-state index contributed by atoms with van der Waals surface area (Å²) in [5.41, 5.74) is 7.54. The van der Waals surface area contributed by atoms with E-state index in [1.807, 2.05) is 6.92 Å². The number of aromatic nitrogens is 1. The lowest BCUT2D eigenvalue weighted by Crippen LogP contribution is -2.49. The van der Waals surface area contributed by atoms with Crippen molar-refractivity contribution in [2.75, 3.05) is 69.1 Å². The molecule has 5 aromatic rings. The fourth-order valence-corrected chi connectivity index (χ4v) is 9.84. The van der Waals surface area contributed by atoms with Crippen LogP contribution in [0.1, 0.15) is 65.2 Å². The number of anilines is 2. The summed E-state index contributed by atoms with van der Waals surface area (Å²) in [5, 5.41) is 11.2. The van der Waals surface area contributed by atoms with E-state index in [4.69, 9.17) is 4.98 Å². The van der Waals surface area contributed by atoms with Crippen molar-refractivity contribution in [3.63, 3.8) is 0 Å². The number of amides is 3. The lowest BCUT2D eigenvalue weighted by molar-refractivity contribution is -0.134. The average molecular weight is 742 g/mol. The highest BCUT2D eigenvalue weighted by atomic mass is 32.1. The van der Waals surface area contributed by atoms with Crippen molar-refractivity contribution in [1.29, 1.82) is 0 Å². The number of benzene rings is 3. The number of carbonyl (C=O) groups excluding carboxylic acids is 3. The van der Waals surface area contributed by atoms with Gasteiger partial charge in [-0.3, -0.25) is 24.6 Å². The third-order valence-corrected chi connectivity index (χ3v) is 13.1. The number of piperidine rings is 2. The molecule has 11 heteroatoms. The number of rotatable bonds is 7. The van der Waals surface area contributed by atoms with Gasteiger partial charge in [-0.2, -0.15) is 0 Å². The molecule has 4 aliphatic rings. The summed E-state index contributed by atoms with van der Waals surface area (Å²) in [4.78, 5) is 50.2. The lowest BCUT2D eigenvalue weighted by Gasteiger charge is -2.38. The molecule has 0 saturated carbocycles. The Morgan fingerprint density at radius 3 is 2.24 bits per heavy atom. The number of imide groups is 1. The Kier molecular flexibility index (Phi) is 9.54. The Morgan fingerprint density at radius 2 is 1.50 bits per heavy atom. The SMILES string of the molecule is C[C@@H]1CNc2c(sc3ccc4nc(-c5ccc(N6CCN(CCN7CCC(c8ccc(C9CCC(=O)NC9=O)cc8)CC7)CC6)cc5)ccc4c23)C(=O)N1. The van der Waals surface area contributed by atoms with Crippen molar-refractivity contribution in [2.45, 2.75) is 50.5 Å². The van der Waals surface area contributed by atoms with Crippen LogP contribution in [-0.4, -0.2) is 97.4 Å². The maximum Gasteiger partial charge on any atom is 0.263 e. The molecule has 2 atom stereocenters. The van der Waals surface area contributed by atoms with Crippen LogP contribution < -0.4 is 20.9 Å². The minimum atomic E-state index is -0.217. The van der Waals surface area contributed by atoms with Gasteiger partial charge in [-0.05, 0) is 92.7 Å². The van der Waals surface area contributed by atoms with E-state index in [2.05, 4.69) is 103 Å². The predicted molar refractivity (Wildman–Crippen MR) is 217 cm³/mol. The molecule has 6 heterocycles. The molecule has 0 aliphatic carbocycles. The van der Waals surface area contributed by atoms with E-state index in [1.165, 1.54) is 22.6 Å². The van der Waals surface area contributed by atoms with E-state index in [9.17, 15) is 14.4 Å². The number of hydrogen-bond acceptors (Lipinski definition) is 9. The van der Waals surface area contributed by atoms with Crippen molar-refractivity contribution < 1.29 is 14.4 Å². The molecule has 3 aromatic carbocycles. The molecule has 278 valence electrons. The zero-order chi connectivity index (χ0) is 36.8. The van der Waals surface area contributed by atoms with Gasteiger partial charge >= 0.3 is 0 Å². The molecule has 1 unspecified atom stereocenters. The van der Waals surface area contributed by atoms with Gasteiger partial charge in [0, 0.05) is 85.0 Å². The summed E-state index contributed by atoms with van der Waals surface area (Å²) in [6.07, 6.45) is 3.33. The van der Waals surface area contributed by atoms with Gasteiger partial charge in [-0.15, -0.1) is 11.3 Å². The van der Waals surface area contributed by atoms with Gasteiger partial charge in [0.2, 0.25) is 11.8 Å². The van der Waals surface area contributed by atoms with E-state index >= 15 is 0 Å². The van der Waals surface area contributed by atoms with Gasteiger partial charge in [0.1, 0.15) is 4.88 Å². The highest BCUT2D eigenvalue weighted by Crippen LogP contribution is 2.41. The molecule has 3 N–H and O–H groups in total. The number of nitrogens with one attached hydrogen (secondary N) is 3. The van der Waals surface area contributed by atoms with Gasteiger partial charge in [0.25, 0.3) is 5.91 Å². The molecule has 2 aromatic heterocycles. The molecule has 3 fully saturated rings. The second-order valence-corrected chi connectivity index (χ2v) is 16.5. The molecule has 10 nitrogen and oxygen atoms in total. The molecule has 54 heavy (non-hydrogen) atoms. The van der Waals surface area contributed by atoms with Crippen LogP contribution in [0.15, 0.2) is 72.8 Å². The Bertz CT molecular complexity index is 2200. The molecule has 0 spiro atoms. The first-order chi connectivity index (χ1) is 26.4. The predicted octanol–water partition coefficient (Wildman–Crippen LogP) is 6.18. The molecular formula is C43H47N7O3S. The summed E-state index contributed by atoms with van der Waals surface area (Å²) in [6.45, 7) is 11.4. The number of nitrogens with zero attached hydrogens (tertiary/aromatic N) is 4. The van der Waals surface area contributed by atoms with Crippen molar-refractivity contribution in [2.24, 2.45) is 0 Å². The van der Waals surface area contributed by atoms with E-state index in [0.717, 1.165) is 114 Å². The van der Waals surface area contributed by atoms with Gasteiger partial charge in [-0.1, -0.05) is 36.4 Å². The first kappa shape index (κ1) is 34.9. The molecule has 4 aliphatic heterocycles. The first-order valence-corrected chi connectivity index (χ1v) is 20.3. The number of piperazine rings is 1. The fourth-order valence-electron chi connectivity index (χ4n) is 8.74.